The summed E-state index contributed by atoms with van der Waals surface area (Å²) in [7, 11) is 1.93. The zero-order valence-corrected chi connectivity index (χ0v) is 8.77. The van der Waals surface area contributed by atoms with E-state index in [1.165, 1.54) is 10.9 Å². The lowest BCUT2D eigenvalue weighted by atomic mass is 10.0. The van der Waals surface area contributed by atoms with Crippen LogP contribution in [-0.4, -0.2) is 12.0 Å². The van der Waals surface area contributed by atoms with Crippen molar-refractivity contribution < 1.29 is 0 Å². The number of likely N-dealkylation sites (N-methyl/N-ethyl adjacent to an activating group) is 1. The Labute approximate surface area is 89.7 Å². The Morgan fingerprint density at radius 2 is 2.20 bits per heavy atom. The van der Waals surface area contributed by atoms with Crippen LogP contribution in [0.1, 0.15) is 11.6 Å². The number of nitrogens with zero attached hydrogens (tertiary/aromatic N) is 1. The highest BCUT2D eigenvalue weighted by Gasteiger charge is 2.08. The van der Waals surface area contributed by atoms with E-state index < -0.39 is 0 Å². The first-order valence-electron chi connectivity index (χ1n) is 5.00. The summed E-state index contributed by atoms with van der Waals surface area (Å²) < 4.78 is 0. The van der Waals surface area contributed by atoms with Crippen molar-refractivity contribution in [3.05, 3.63) is 54.7 Å². The molecule has 2 rings (SSSR count). The van der Waals surface area contributed by atoms with E-state index in [2.05, 4.69) is 29.0 Å². The summed E-state index contributed by atoms with van der Waals surface area (Å²) in [6.45, 7) is 3.83. The second-order valence-corrected chi connectivity index (χ2v) is 3.42. The van der Waals surface area contributed by atoms with Gasteiger partial charge in [0.15, 0.2) is 0 Å². The molecule has 0 bridgehead atoms. The molecule has 1 aromatic heterocycles. The van der Waals surface area contributed by atoms with E-state index in [9.17, 15) is 0 Å². The Kier molecular flexibility index (Phi) is 2.79. The smallest absolute Gasteiger partial charge is 0.0705 e. The first-order valence-corrected chi connectivity index (χ1v) is 5.00. The van der Waals surface area contributed by atoms with Crippen LogP contribution in [0.4, 0.5) is 0 Å². The van der Waals surface area contributed by atoms with E-state index in [-0.39, 0.29) is 6.04 Å². The van der Waals surface area contributed by atoms with E-state index >= 15 is 0 Å². The summed E-state index contributed by atoms with van der Waals surface area (Å²) in [6, 6.07) is 10.4. The number of benzene rings is 1. The van der Waals surface area contributed by atoms with Crippen molar-refractivity contribution in [3.8, 4) is 0 Å². The van der Waals surface area contributed by atoms with Crippen LogP contribution in [0.3, 0.4) is 0 Å². The van der Waals surface area contributed by atoms with Crippen molar-refractivity contribution in [1.29, 1.82) is 0 Å². The van der Waals surface area contributed by atoms with Gasteiger partial charge in [-0.05, 0) is 24.7 Å². The molecule has 0 aliphatic rings. The normalized spacial score (nSPS) is 12.6. The van der Waals surface area contributed by atoms with Gasteiger partial charge >= 0.3 is 0 Å². The third kappa shape index (κ3) is 1.76. The molecule has 1 atom stereocenters. The molecular formula is C13H14N2. The Hall–Kier alpha value is -1.67. The maximum absolute atomic E-state index is 4.33. The number of fused-ring (bicyclic) bond motifs is 1. The van der Waals surface area contributed by atoms with Crippen LogP contribution in [0.5, 0.6) is 0 Å². The molecule has 1 unspecified atom stereocenters. The quantitative estimate of drug-likeness (QED) is 0.767. The van der Waals surface area contributed by atoms with Gasteiger partial charge in [-0.15, -0.1) is 6.58 Å². The fourth-order valence-electron chi connectivity index (χ4n) is 1.80. The van der Waals surface area contributed by atoms with Gasteiger partial charge in [-0.2, -0.15) is 0 Å². The first-order chi connectivity index (χ1) is 7.36. The topological polar surface area (TPSA) is 24.9 Å². The average Bonchev–Trinajstić information content (AvgIpc) is 2.31. The summed E-state index contributed by atoms with van der Waals surface area (Å²) >= 11 is 0. The largest absolute Gasteiger partial charge is 0.310 e. The van der Waals surface area contributed by atoms with Crippen LogP contribution in [0.2, 0.25) is 0 Å². The summed E-state index contributed by atoms with van der Waals surface area (Å²) in [4.78, 5) is 4.33. The maximum Gasteiger partial charge on any atom is 0.0705 e. The number of pyridine rings is 1. The van der Waals surface area contributed by atoms with E-state index in [0.717, 1.165) is 5.52 Å². The minimum Gasteiger partial charge on any atom is -0.310 e. The number of rotatable bonds is 3. The number of aromatic nitrogens is 1. The van der Waals surface area contributed by atoms with Gasteiger partial charge in [0.2, 0.25) is 0 Å². The Morgan fingerprint density at radius 1 is 1.33 bits per heavy atom. The van der Waals surface area contributed by atoms with Crippen molar-refractivity contribution >= 4 is 10.9 Å². The highest BCUT2D eigenvalue weighted by Crippen LogP contribution is 2.23. The van der Waals surface area contributed by atoms with Crippen LogP contribution in [0, 0.1) is 0 Å². The predicted molar refractivity (Wildman–Crippen MR) is 63.7 cm³/mol. The highest BCUT2D eigenvalue weighted by atomic mass is 14.9. The molecule has 2 aromatic rings. The lowest BCUT2D eigenvalue weighted by Crippen LogP contribution is -2.13. The van der Waals surface area contributed by atoms with Crippen LogP contribution in [-0.2, 0) is 0 Å². The van der Waals surface area contributed by atoms with Crippen molar-refractivity contribution in [2.45, 2.75) is 6.04 Å². The fourth-order valence-corrected chi connectivity index (χ4v) is 1.80. The molecule has 0 radical (unpaired) electrons. The minimum atomic E-state index is 0.179. The second-order valence-electron chi connectivity index (χ2n) is 3.42. The van der Waals surface area contributed by atoms with Crippen LogP contribution >= 0.6 is 0 Å². The Balaban J connectivity index is 2.64. The van der Waals surface area contributed by atoms with Crippen LogP contribution in [0.25, 0.3) is 10.9 Å². The molecule has 1 N–H and O–H groups in total. The lowest BCUT2D eigenvalue weighted by Gasteiger charge is -2.13. The summed E-state index contributed by atoms with van der Waals surface area (Å²) in [5.74, 6) is 0. The Morgan fingerprint density at radius 3 is 2.93 bits per heavy atom. The molecule has 2 nitrogen and oxygen atoms in total. The van der Waals surface area contributed by atoms with Gasteiger partial charge in [0, 0.05) is 11.6 Å². The number of hydrogen-bond donors (Lipinski definition) is 1. The molecule has 1 aromatic carbocycles. The van der Waals surface area contributed by atoms with Crippen LogP contribution < -0.4 is 5.32 Å². The molecule has 0 spiro atoms. The van der Waals surface area contributed by atoms with E-state index in [1.807, 2.05) is 37.5 Å². The molecule has 76 valence electrons. The van der Waals surface area contributed by atoms with Crippen molar-refractivity contribution in [1.82, 2.24) is 10.3 Å². The van der Waals surface area contributed by atoms with Crippen molar-refractivity contribution in [3.63, 3.8) is 0 Å². The standard InChI is InChI=1S/C13H14N2/c1-3-12(14-2)10-6-4-8-13-11(10)7-5-9-15-13/h3-9,12,14H,1H2,2H3. The lowest BCUT2D eigenvalue weighted by molar-refractivity contribution is 0.721. The summed E-state index contributed by atoms with van der Waals surface area (Å²) in [5, 5.41) is 4.39. The molecule has 2 heteroatoms. The van der Waals surface area contributed by atoms with Gasteiger partial charge in [0.25, 0.3) is 0 Å². The fraction of sp³-hybridized carbons (Fsp3) is 0.154. The van der Waals surface area contributed by atoms with Crippen molar-refractivity contribution in [2.24, 2.45) is 0 Å². The molecule has 0 saturated heterocycles. The molecule has 15 heavy (non-hydrogen) atoms. The summed E-state index contributed by atoms with van der Waals surface area (Å²) in [5.41, 5.74) is 2.25. The van der Waals surface area contributed by atoms with Gasteiger partial charge < -0.3 is 5.32 Å². The van der Waals surface area contributed by atoms with E-state index in [0.29, 0.717) is 0 Å². The monoisotopic (exact) mass is 198 g/mol. The van der Waals surface area contributed by atoms with E-state index in [1.54, 1.807) is 0 Å². The van der Waals surface area contributed by atoms with Gasteiger partial charge in [-0.3, -0.25) is 4.98 Å². The number of hydrogen-bond acceptors (Lipinski definition) is 2. The number of nitrogens with one attached hydrogen (secondary N) is 1. The predicted octanol–water partition coefficient (Wildman–Crippen LogP) is 2.68. The van der Waals surface area contributed by atoms with Crippen LogP contribution in [0.15, 0.2) is 49.2 Å². The second kappa shape index (κ2) is 4.24. The molecule has 0 saturated carbocycles. The average molecular weight is 198 g/mol. The molecule has 0 aliphatic carbocycles. The Bertz CT molecular complexity index is 471. The first kappa shape index (κ1) is 9.87. The van der Waals surface area contributed by atoms with Gasteiger partial charge in [-0.25, -0.2) is 0 Å². The van der Waals surface area contributed by atoms with Gasteiger partial charge in [-0.1, -0.05) is 24.3 Å². The van der Waals surface area contributed by atoms with E-state index in [4.69, 9.17) is 0 Å². The molecule has 1 heterocycles. The maximum atomic E-state index is 4.33. The SMILES string of the molecule is C=CC(NC)c1cccc2ncccc12. The molecular weight excluding hydrogens is 184 g/mol. The summed E-state index contributed by atoms with van der Waals surface area (Å²) in [6.07, 6.45) is 3.72. The molecule has 0 amide bonds. The van der Waals surface area contributed by atoms with Gasteiger partial charge in [0.1, 0.15) is 0 Å². The molecule has 0 fully saturated rings. The highest BCUT2D eigenvalue weighted by molar-refractivity contribution is 5.82. The molecule has 0 aliphatic heterocycles. The minimum absolute atomic E-state index is 0.179. The zero-order chi connectivity index (χ0) is 10.7. The van der Waals surface area contributed by atoms with Crippen molar-refractivity contribution in [2.75, 3.05) is 7.05 Å². The zero-order valence-electron chi connectivity index (χ0n) is 8.77. The van der Waals surface area contributed by atoms with Gasteiger partial charge in [0.05, 0.1) is 11.6 Å². The third-order valence-electron chi connectivity index (χ3n) is 2.56. The third-order valence-corrected chi connectivity index (χ3v) is 2.56.